The number of benzene rings is 2. The zero-order chi connectivity index (χ0) is 20.4. The van der Waals surface area contributed by atoms with Crippen molar-refractivity contribution in [3.63, 3.8) is 0 Å². The first-order chi connectivity index (χ1) is 13.3. The SMILES string of the molecule is CC(C)Oc1ccc(NC(=O)C2CC2C(=O)Nc2ccc(F)c(F)c2F)cc1. The minimum Gasteiger partial charge on any atom is -0.491 e. The van der Waals surface area contributed by atoms with Crippen LogP contribution in [0.4, 0.5) is 24.5 Å². The third-order valence-electron chi connectivity index (χ3n) is 4.25. The highest BCUT2D eigenvalue weighted by molar-refractivity contribution is 6.03. The van der Waals surface area contributed by atoms with E-state index in [9.17, 15) is 22.8 Å². The molecule has 2 amide bonds. The van der Waals surface area contributed by atoms with Gasteiger partial charge in [0.2, 0.25) is 11.8 Å². The predicted molar refractivity (Wildman–Crippen MR) is 97.4 cm³/mol. The molecule has 5 nitrogen and oxygen atoms in total. The largest absolute Gasteiger partial charge is 0.491 e. The van der Waals surface area contributed by atoms with Crippen molar-refractivity contribution in [2.45, 2.75) is 26.4 Å². The number of amides is 2. The van der Waals surface area contributed by atoms with Gasteiger partial charge < -0.3 is 15.4 Å². The second kappa shape index (κ2) is 7.92. The Bertz CT molecular complexity index is 900. The second-order valence-electron chi connectivity index (χ2n) is 6.84. The average Bonchev–Trinajstić information content (AvgIpc) is 3.44. The summed E-state index contributed by atoms with van der Waals surface area (Å²) < 4.78 is 45.3. The summed E-state index contributed by atoms with van der Waals surface area (Å²) in [5.74, 6) is -5.99. The number of nitrogens with one attached hydrogen (secondary N) is 2. The van der Waals surface area contributed by atoms with Crippen molar-refractivity contribution in [1.82, 2.24) is 0 Å². The van der Waals surface area contributed by atoms with E-state index in [-0.39, 0.29) is 18.4 Å². The number of carbonyl (C=O) groups excluding carboxylic acids is 2. The Kier molecular flexibility index (Phi) is 5.58. The third kappa shape index (κ3) is 4.44. The Hall–Kier alpha value is -3.03. The van der Waals surface area contributed by atoms with Gasteiger partial charge in [-0.25, -0.2) is 13.2 Å². The number of halogens is 3. The minimum atomic E-state index is -1.66. The van der Waals surface area contributed by atoms with Crippen molar-refractivity contribution in [3.8, 4) is 5.75 Å². The fourth-order valence-corrected chi connectivity index (χ4v) is 2.75. The van der Waals surface area contributed by atoms with Crippen molar-refractivity contribution >= 4 is 23.2 Å². The Morgan fingerprint density at radius 1 is 0.929 bits per heavy atom. The summed E-state index contributed by atoms with van der Waals surface area (Å²) in [4.78, 5) is 24.4. The van der Waals surface area contributed by atoms with E-state index >= 15 is 0 Å². The normalized spacial score (nSPS) is 17.9. The second-order valence-corrected chi connectivity index (χ2v) is 6.84. The van der Waals surface area contributed by atoms with Crippen molar-refractivity contribution in [2.75, 3.05) is 10.6 Å². The van der Waals surface area contributed by atoms with Gasteiger partial charge in [-0.15, -0.1) is 0 Å². The number of anilines is 2. The average molecular weight is 392 g/mol. The van der Waals surface area contributed by atoms with Gasteiger partial charge in [-0.1, -0.05) is 0 Å². The first-order valence-electron chi connectivity index (χ1n) is 8.78. The van der Waals surface area contributed by atoms with E-state index in [0.29, 0.717) is 11.4 Å². The fourth-order valence-electron chi connectivity index (χ4n) is 2.75. The van der Waals surface area contributed by atoms with Crippen LogP contribution >= 0.6 is 0 Å². The quantitative estimate of drug-likeness (QED) is 0.728. The van der Waals surface area contributed by atoms with E-state index in [0.717, 1.165) is 12.1 Å². The van der Waals surface area contributed by atoms with Gasteiger partial charge in [-0.2, -0.15) is 0 Å². The molecule has 148 valence electrons. The molecule has 2 unspecified atom stereocenters. The summed E-state index contributed by atoms with van der Waals surface area (Å²) >= 11 is 0. The zero-order valence-corrected chi connectivity index (χ0v) is 15.3. The number of ether oxygens (including phenoxy) is 1. The first kappa shape index (κ1) is 19.7. The molecule has 3 rings (SSSR count). The van der Waals surface area contributed by atoms with Crippen LogP contribution in [0.3, 0.4) is 0 Å². The van der Waals surface area contributed by atoms with Gasteiger partial charge in [0.1, 0.15) is 5.75 Å². The lowest BCUT2D eigenvalue weighted by Gasteiger charge is -2.11. The molecule has 2 aromatic rings. The molecule has 1 saturated carbocycles. The molecule has 0 aliphatic heterocycles. The Balaban J connectivity index is 1.55. The lowest BCUT2D eigenvalue weighted by molar-refractivity contribution is -0.122. The van der Waals surface area contributed by atoms with Gasteiger partial charge in [0.15, 0.2) is 17.5 Å². The van der Waals surface area contributed by atoms with Gasteiger partial charge >= 0.3 is 0 Å². The highest BCUT2D eigenvalue weighted by atomic mass is 19.2. The number of rotatable bonds is 6. The van der Waals surface area contributed by atoms with Crippen molar-refractivity contribution in [3.05, 3.63) is 53.8 Å². The number of carbonyl (C=O) groups is 2. The molecule has 8 heteroatoms. The van der Waals surface area contributed by atoms with E-state index in [1.165, 1.54) is 0 Å². The van der Waals surface area contributed by atoms with Gasteiger partial charge in [-0.05, 0) is 56.7 Å². The molecule has 0 saturated heterocycles. The Labute approximate surface area is 159 Å². The standard InChI is InChI=1S/C20H19F3N2O3/c1-10(2)28-12-5-3-11(4-6-12)24-19(26)13-9-14(13)20(27)25-16-8-7-15(21)17(22)18(16)23/h3-8,10,13-14H,9H2,1-2H3,(H,24,26)(H,25,27). The van der Waals surface area contributed by atoms with E-state index in [2.05, 4.69) is 10.6 Å². The molecule has 1 aliphatic carbocycles. The van der Waals surface area contributed by atoms with E-state index in [1.54, 1.807) is 24.3 Å². The van der Waals surface area contributed by atoms with Crippen LogP contribution in [0.25, 0.3) is 0 Å². The van der Waals surface area contributed by atoms with E-state index in [4.69, 9.17) is 4.74 Å². The fraction of sp³-hybridized carbons (Fsp3) is 0.300. The molecule has 28 heavy (non-hydrogen) atoms. The third-order valence-corrected chi connectivity index (χ3v) is 4.25. The summed E-state index contributed by atoms with van der Waals surface area (Å²) in [5, 5.41) is 4.90. The monoisotopic (exact) mass is 392 g/mol. The van der Waals surface area contributed by atoms with Crippen LogP contribution in [0.15, 0.2) is 36.4 Å². The van der Waals surface area contributed by atoms with Crippen LogP contribution in [-0.4, -0.2) is 17.9 Å². The molecule has 1 fully saturated rings. The molecule has 0 heterocycles. The van der Waals surface area contributed by atoms with Crippen LogP contribution in [0, 0.1) is 29.3 Å². The molecule has 0 spiro atoms. The van der Waals surface area contributed by atoms with E-state index < -0.39 is 40.9 Å². The molecular weight excluding hydrogens is 373 g/mol. The lowest BCUT2D eigenvalue weighted by atomic mass is 10.2. The maximum atomic E-state index is 13.6. The summed E-state index contributed by atoms with van der Waals surface area (Å²) in [6, 6.07) is 8.46. The predicted octanol–water partition coefficient (Wildman–Crippen LogP) is 4.10. The van der Waals surface area contributed by atoms with Crippen molar-refractivity contribution < 1.29 is 27.5 Å². The summed E-state index contributed by atoms with van der Waals surface area (Å²) in [5.41, 5.74) is 0.0921. The van der Waals surface area contributed by atoms with Crippen LogP contribution in [0.2, 0.25) is 0 Å². The minimum absolute atomic E-state index is 0.0330. The molecule has 0 radical (unpaired) electrons. The summed E-state index contributed by atoms with van der Waals surface area (Å²) in [7, 11) is 0. The van der Waals surface area contributed by atoms with Crippen LogP contribution in [0.5, 0.6) is 5.75 Å². The maximum Gasteiger partial charge on any atom is 0.228 e. The number of hydrogen-bond acceptors (Lipinski definition) is 3. The van der Waals surface area contributed by atoms with E-state index in [1.807, 2.05) is 13.8 Å². The highest BCUT2D eigenvalue weighted by Crippen LogP contribution is 2.40. The molecule has 1 aliphatic rings. The Morgan fingerprint density at radius 3 is 2.14 bits per heavy atom. The molecule has 2 atom stereocenters. The van der Waals surface area contributed by atoms with Gasteiger partial charge in [0.25, 0.3) is 0 Å². The molecular formula is C20H19F3N2O3. The molecule has 0 aromatic heterocycles. The first-order valence-corrected chi connectivity index (χ1v) is 8.78. The Morgan fingerprint density at radius 2 is 1.54 bits per heavy atom. The lowest BCUT2D eigenvalue weighted by Crippen LogP contribution is -2.21. The highest BCUT2D eigenvalue weighted by Gasteiger charge is 2.48. The van der Waals surface area contributed by atoms with Crippen LogP contribution < -0.4 is 15.4 Å². The summed E-state index contributed by atoms with van der Waals surface area (Å²) in [6.07, 6.45) is 0.322. The van der Waals surface area contributed by atoms with Crippen molar-refractivity contribution in [2.24, 2.45) is 11.8 Å². The number of hydrogen-bond donors (Lipinski definition) is 2. The van der Waals surface area contributed by atoms with Crippen LogP contribution in [-0.2, 0) is 9.59 Å². The maximum absolute atomic E-state index is 13.6. The van der Waals surface area contributed by atoms with Gasteiger partial charge in [-0.3, -0.25) is 9.59 Å². The van der Waals surface area contributed by atoms with Crippen LogP contribution in [0.1, 0.15) is 20.3 Å². The molecule has 0 bridgehead atoms. The molecule has 2 aromatic carbocycles. The van der Waals surface area contributed by atoms with Crippen molar-refractivity contribution in [1.29, 1.82) is 0 Å². The zero-order valence-electron chi connectivity index (χ0n) is 15.3. The molecule has 2 N–H and O–H groups in total. The topological polar surface area (TPSA) is 67.4 Å². The smallest absolute Gasteiger partial charge is 0.228 e. The van der Waals surface area contributed by atoms with Gasteiger partial charge in [0, 0.05) is 5.69 Å². The summed E-state index contributed by atoms with van der Waals surface area (Å²) in [6.45, 7) is 3.81. The van der Waals surface area contributed by atoms with Gasteiger partial charge in [0.05, 0.1) is 23.6 Å².